The highest BCUT2D eigenvalue weighted by Gasteiger charge is 2.09. The molecule has 0 aliphatic carbocycles. The lowest BCUT2D eigenvalue weighted by atomic mass is 10.2. The number of H-pyrrole nitrogens is 1. The van der Waals surface area contributed by atoms with E-state index in [-0.39, 0.29) is 24.8 Å². The molecule has 0 saturated carbocycles. The van der Waals surface area contributed by atoms with Crippen molar-refractivity contribution in [3.05, 3.63) is 42.0 Å². The smallest absolute Gasteiger partial charge is 0.165 e. The van der Waals surface area contributed by atoms with Gasteiger partial charge in [-0.2, -0.15) is 0 Å². The number of benzene rings is 1. The Bertz CT molecular complexity index is 522. The monoisotopic (exact) mass is 347 g/mol. The fraction of sp³-hybridized carbons (Fsp3) is 0.400. The molecule has 2 aromatic rings. The van der Waals surface area contributed by atoms with Crippen molar-refractivity contribution in [2.75, 3.05) is 20.3 Å². The van der Waals surface area contributed by atoms with E-state index in [1.165, 1.54) is 0 Å². The lowest BCUT2D eigenvalue weighted by molar-refractivity contribution is 0.307. The van der Waals surface area contributed by atoms with Crippen LogP contribution in [0.2, 0.25) is 0 Å². The first-order valence-electron chi connectivity index (χ1n) is 6.81. The molecule has 0 spiro atoms. The Labute approximate surface area is 143 Å². The van der Waals surface area contributed by atoms with Gasteiger partial charge in [-0.25, -0.2) is 4.98 Å². The summed E-state index contributed by atoms with van der Waals surface area (Å²) in [6.45, 7) is 4.23. The molecule has 0 atom stereocenters. The summed E-state index contributed by atoms with van der Waals surface area (Å²) in [4.78, 5) is 7.09. The maximum absolute atomic E-state index is 5.68. The van der Waals surface area contributed by atoms with Gasteiger partial charge in [-0.15, -0.1) is 24.8 Å². The third kappa shape index (κ3) is 5.75. The summed E-state index contributed by atoms with van der Waals surface area (Å²) in [5.41, 5.74) is 2.24. The standard InChI is InChI=1S/C15H21N3O2.2ClH/c1-3-20-15-12(5-4-6-14(15)19-2)9-16-8-7-13-10-17-11-18-13;;/h4-6,10-11,16H,3,7-9H2,1-2H3,(H,17,18);2*1H. The predicted molar refractivity (Wildman–Crippen MR) is 92.7 cm³/mol. The molecule has 0 fully saturated rings. The fourth-order valence-electron chi connectivity index (χ4n) is 2.04. The van der Waals surface area contributed by atoms with E-state index < -0.39 is 0 Å². The summed E-state index contributed by atoms with van der Waals surface area (Å²) in [6, 6.07) is 5.95. The van der Waals surface area contributed by atoms with Crippen LogP contribution < -0.4 is 14.8 Å². The zero-order chi connectivity index (χ0) is 14.2. The molecule has 0 saturated heterocycles. The van der Waals surface area contributed by atoms with Crippen molar-refractivity contribution >= 4 is 24.8 Å². The van der Waals surface area contributed by atoms with Crippen LogP contribution in [0, 0.1) is 0 Å². The number of para-hydroxylation sites is 1. The first kappa shape index (κ1) is 20.6. The molecule has 5 nitrogen and oxygen atoms in total. The number of rotatable bonds is 8. The number of imidazole rings is 1. The van der Waals surface area contributed by atoms with Crippen molar-refractivity contribution in [3.63, 3.8) is 0 Å². The Kier molecular flexibility index (Phi) is 10.5. The molecule has 1 heterocycles. The van der Waals surface area contributed by atoms with E-state index >= 15 is 0 Å². The second-order valence-electron chi connectivity index (χ2n) is 4.39. The highest BCUT2D eigenvalue weighted by molar-refractivity contribution is 5.85. The third-order valence-corrected chi connectivity index (χ3v) is 3.01. The van der Waals surface area contributed by atoms with Gasteiger partial charge in [0.05, 0.1) is 20.0 Å². The topological polar surface area (TPSA) is 59.2 Å². The zero-order valence-electron chi connectivity index (χ0n) is 12.8. The molecule has 0 aliphatic rings. The highest BCUT2D eigenvalue weighted by atomic mass is 35.5. The van der Waals surface area contributed by atoms with Gasteiger partial charge in [0, 0.05) is 37.0 Å². The van der Waals surface area contributed by atoms with Crippen LogP contribution in [-0.2, 0) is 13.0 Å². The van der Waals surface area contributed by atoms with Gasteiger partial charge >= 0.3 is 0 Å². The van der Waals surface area contributed by atoms with Crippen LogP contribution in [0.4, 0.5) is 0 Å². The second-order valence-corrected chi connectivity index (χ2v) is 4.39. The molecule has 1 aromatic heterocycles. The number of aromatic amines is 1. The predicted octanol–water partition coefficient (Wildman–Crippen LogP) is 2.99. The number of nitrogens with one attached hydrogen (secondary N) is 2. The highest BCUT2D eigenvalue weighted by Crippen LogP contribution is 2.30. The van der Waals surface area contributed by atoms with Gasteiger partial charge in [0.25, 0.3) is 0 Å². The van der Waals surface area contributed by atoms with Crippen LogP contribution in [0.25, 0.3) is 0 Å². The maximum atomic E-state index is 5.68. The van der Waals surface area contributed by atoms with E-state index in [0.717, 1.165) is 42.3 Å². The van der Waals surface area contributed by atoms with Gasteiger partial charge in [-0.05, 0) is 13.0 Å². The minimum absolute atomic E-state index is 0. The van der Waals surface area contributed by atoms with E-state index in [9.17, 15) is 0 Å². The van der Waals surface area contributed by atoms with Crippen molar-refractivity contribution in [3.8, 4) is 11.5 Å². The number of aromatic nitrogens is 2. The van der Waals surface area contributed by atoms with Crippen molar-refractivity contribution < 1.29 is 9.47 Å². The Morgan fingerprint density at radius 2 is 2.09 bits per heavy atom. The molecule has 0 amide bonds. The average Bonchev–Trinajstić information content (AvgIpc) is 2.98. The first-order chi connectivity index (χ1) is 9.85. The molecular formula is C15H23Cl2N3O2. The van der Waals surface area contributed by atoms with Crippen LogP contribution >= 0.6 is 24.8 Å². The molecule has 0 radical (unpaired) electrons. The minimum Gasteiger partial charge on any atom is -0.493 e. The first-order valence-corrected chi connectivity index (χ1v) is 6.81. The van der Waals surface area contributed by atoms with E-state index in [2.05, 4.69) is 21.4 Å². The maximum Gasteiger partial charge on any atom is 0.165 e. The molecular weight excluding hydrogens is 325 g/mol. The molecule has 124 valence electrons. The van der Waals surface area contributed by atoms with Crippen LogP contribution in [0.15, 0.2) is 30.7 Å². The second kappa shape index (κ2) is 11.2. The average molecular weight is 348 g/mol. The lowest BCUT2D eigenvalue weighted by Gasteiger charge is -2.14. The summed E-state index contributed by atoms with van der Waals surface area (Å²) in [7, 11) is 1.66. The normalized spacial score (nSPS) is 9.55. The number of ether oxygens (including phenoxy) is 2. The van der Waals surface area contributed by atoms with Crippen molar-refractivity contribution in [1.82, 2.24) is 15.3 Å². The Morgan fingerprint density at radius 3 is 2.73 bits per heavy atom. The van der Waals surface area contributed by atoms with Gasteiger partial charge < -0.3 is 19.8 Å². The van der Waals surface area contributed by atoms with E-state index in [4.69, 9.17) is 9.47 Å². The van der Waals surface area contributed by atoms with Crippen molar-refractivity contribution in [2.45, 2.75) is 19.9 Å². The summed E-state index contributed by atoms with van der Waals surface area (Å²) < 4.78 is 11.0. The Balaban J connectivity index is 0.00000220. The number of nitrogens with zero attached hydrogens (tertiary/aromatic N) is 1. The van der Waals surface area contributed by atoms with Crippen molar-refractivity contribution in [2.24, 2.45) is 0 Å². The molecule has 1 aromatic carbocycles. The van der Waals surface area contributed by atoms with E-state index in [1.807, 2.05) is 25.3 Å². The number of halogens is 2. The quantitative estimate of drug-likeness (QED) is 0.720. The minimum atomic E-state index is 0. The van der Waals surface area contributed by atoms with E-state index in [1.54, 1.807) is 13.4 Å². The molecule has 2 N–H and O–H groups in total. The Morgan fingerprint density at radius 1 is 1.27 bits per heavy atom. The third-order valence-electron chi connectivity index (χ3n) is 3.01. The van der Waals surface area contributed by atoms with Gasteiger partial charge in [0.15, 0.2) is 11.5 Å². The largest absolute Gasteiger partial charge is 0.493 e. The van der Waals surface area contributed by atoms with E-state index in [0.29, 0.717) is 6.61 Å². The summed E-state index contributed by atoms with van der Waals surface area (Å²) >= 11 is 0. The summed E-state index contributed by atoms with van der Waals surface area (Å²) in [5, 5.41) is 3.41. The molecule has 0 unspecified atom stereocenters. The number of methoxy groups -OCH3 is 1. The van der Waals surface area contributed by atoms with Gasteiger partial charge in [-0.3, -0.25) is 0 Å². The number of hydrogen-bond donors (Lipinski definition) is 2. The summed E-state index contributed by atoms with van der Waals surface area (Å²) in [5.74, 6) is 1.60. The lowest BCUT2D eigenvalue weighted by Crippen LogP contribution is -2.17. The SMILES string of the molecule is CCOc1c(CNCCc2cnc[nH]2)cccc1OC.Cl.Cl. The molecule has 0 bridgehead atoms. The van der Waals surface area contributed by atoms with Gasteiger partial charge in [0.2, 0.25) is 0 Å². The number of hydrogen-bond acceptors (Lipinski definition) is 4. The zero-order valence-corrected chi connectivity index (χ0v) is 14.4. The molecule has 7 heteroatoms. The molecule has 2 rings (SSSR count). The van der Waals surface area contributed by atoms with Crippen LogP contribution in [-0.4, -0.2) is 30.2 Å². The summed E-state index contributed by atoms with van der Waals surface area (Å²) in [6.07, 6.45) is 4.47. The fourth-order valence-corrected chi connectivity index (χ4v) is 2.04. The van der Waals surface area contributed by atoms with Gasteiger partial charge in [0.1, 0.15) is 0 Å². The van der Waals surface area contributed by atoms with Crippen molar-refractivity contribution in [1.29, 1.82) is 0 Å². The Hall–Kier alpha value is -1.43. The van der Waals surface area contributed by atoms with Crippen LogP contribution in [0.3, 0.4) is 0 Å². The molecule has 0 aliphatic heterocycles. The van der Waals surface area contributed by atoms with Crippen LogP contribution in [0.5, 0.6) is 11.5 Å². The van der Waals surface area contributed by atoms with Gasteiger partial charge in [-0.1, -0.05) is 12.1 Å². The van der Waals surface area contributed by atoms with Crippen LogP contribution in [0.1, 0.15) is 18.2 Å². The molecule has 22 heavy (non-hydrogen) atoms.